The molecule has 0 unspecified atom stereocenters. The van der Waals surface area contributed by atoms with Crippen molar-refractivity contribution >= 4 is 28.6 Å². The summed E-state index contributed by atoms with van der Waals surface area (Å²) in [5, 5.41) is 5.94. The maximum absolute atomic E-state index is 12.6. The van der Waals surface area contributed by atoms with Crippen molar-refractivity contribution in [3.63, 3.8) is 0 Å². The lowest BCUT2D eigenvalue weighted by molar-refractivity contribution is -0.115. The Hall–Kier alpha value is -2.86. The molecule has 0 spiro atoms. The number of ether oxygens (including phenoxy) is 1. The molecule has 5 nitrogen and oxygen atoms in total. The van der Waals surface area contributed by atoms with Gasteiger partial charge in [-0.25, -0.2) is 4.98 Å². The number of anilines is 2. The second-order valence-electron chi connectivity index (χ2n) is 7.04. The number of carbonyl (C=O) groups is 1. The second kappa shape index (κ2) is 9.09. The highest BCUT2D eigenvalue weighted by Gasteiger charge is 2.17. The van der Waals surface area contributed by atoms with E-state index in [0.717, 1.165) is 46.5 Å². The molecule has 0 saturated carbocycles. The first-order valence-corrected chi connectivity index (χ1v) is 10.9. The average molecular weight is 408 g/mol. The third-order valence-electron chi connectivity index (χ3n) is 4.93. The lowest BCUT2D eigenvalue weighted by atomic mass is 10.2. The van der Waals surface area contributed by atoms with Gasteiger partial charge in [0.1, 0.15) is 10.8 Å². The summed E-state index contributed by atoms with van der Waals surface area (Å²) >= 11 is 1.55. The molecule has 4 rings (SSSR count). The predicted molar refractivity (Wildman–Crippen MR) is 119 cm³/mol. The first-order chi connectivity index (χ1) is 14.2. The van der Waals surface area contributed by atoms with Crippen LogP contribution in [0, 0.1) is 0 Å². The van der Waals surface area contributed by atoms with Crippen LogP contribution in [0.25, 0.3) is 10.6 Å². The minimum atomic E-state index is -0.0415. The quantitative estimate of drug-likeness (QED) is 0.599. The largest absolute Gasteiger partial charge is 0.494 e. The molecule has 2 aromatic carbocycles. The molecule has 29 heavy (non-hydrogen) atoms. The number of nitrogens with one attached hydrogen (secondary N) is 1. The van der Waals surface area contributed by atoms with E-state index < -0.39 is 0 Å². The van der Waals surface area contributed by atoms with Crippen LogP contribution in [-0.4, -0.2) is 30.6 Å². The summed E-state index contributed by atoms with van der Waals surface area (Å²) in [6.45, 7) is 4.71. The molecule has 2 heterocycles. The van der Waals surface area contributed by atoms with Gasteiger partial charge in [0.15, 0.2) is 0 Å². The summed E-state index contributed by atoms with van der Waals surface area (Å²) < 4.78 is 5.48. The van der Waals surface area contributed by atoms with Crippen molar-refractivity contribution in [1.29, 1.82) is 0 Å². The van der Waals surface area contributed by atoms with Crippen LogP contribution in [0.15, 0.2) is 53.9 Å². The van der Waals surface area contributed by atoms with E-state index in [0.29, 0.717) is 6.61 Å². The molecule has 1 fully saturated rings. The van der Waals surface area contributed by atoms with Crippen LogP contribution in [0.3, 0.4) is 0 Å². The fraction of sp³-hybridized carbons (Fsp3) is 0.304. The zero-order valence-corrected chi connectivity index (χ0v) is 17.4. The fourth-order valence-electron chi connectivity index (χ4n) is 3.55. The van der Waals surface area contributed by atoms with Crippen molar-refractivity contribution in [2.45, 2.75) is 26.2 Å². The van der Waals surface area contributed by atoms with Crippen LogP contribution in [-0.2, 0) is 11.2 Å². The number of aromatic nitrogens is 1. The molecule has 3 aromatic rings. The maximum atomic E-state index is 12.6. The van der Waals surface area contributed by atoms with Gasteiger partial charge in [0.05, 0.1) is 30.1 Å². The highest BCUT2D eigenvalue weighted by atomic mass is 32.1. The van der Waals surface area contributed by atoms with Gasteiger partial charge < -0.3 is 15.0 Å². The smallest absolute Gasteiger partial charge is 0.230 e. The van der Waals surface area contributed by atoms with Gasteiger partial charge in [0.25, 0.3) is 0 Å². The molecular weight excluding hydrogens is 382 g/mol. The van der Waals surface area contributed by atoms with Gasteiger partial charge in [0.2, 0.25) is 5.91 Å². The Morgan fingerprint density at radius 1 is 1.14 bits per heavy atom. The Kier molecular flexibility index (Phi) is 6.10. The van der Waals surface area contributed by atoms with Gasteiger partial charge in [-0.2, -0.15) is 0 Å². The van der Waals surface area contributed by atoms with Crippen LogP contribution in [0.1, 0.15) is 25.5 Å². The summed E-state index contributed by atoms with van der Waals surface area (Å²) in [6, 6.07) is 15.9. The number of hydrogen-bond donors (Lipinski definition) is 1. The van der Waals surface area contributed by atoms with Crippen molar-refractivity contribution in [2.75, 3.05) is 29.9 Å². The Morgan fingerprint density at radius 2 is 1.90 bits per heavy atom. The van der Waals surface area contributed by atoms with Crippen LogP contribution >= 0.6 is 11.3 Å². The van der Waals surface area contributed by atoms with E-state index in [1.807, 2.05) is 54.8 Å². The highest BCUT2D eigenvalue weighted by molar-refractivity contribution is 7.13. The van der Waals surface area contributed by atoms with Crippen LogP contribution in [0.2, 0.25) is 0 Å². The van der Waals surface area contributed by atoms with Crippen molar-refractivity contribution in [3.05, 3.63) is 59.6 Å². The lowest BCUT2D eigenvalue weighted by Gasteiger charge is -2.21. The molecule has 0 bridgehead atoms. The van der Waals surface area contributed by atoms with Crippen LogP contribution in [0.4, 0.5) is 11.4 Å². The molecule has 0 atom stereocenters. The molecule has 1 amide bonds. The fourth-order valence-corrected chi connectivity index (χ4v) is 4.38. The van der Waals surface area contributed by atoms with Gasteiger partial charge >= 0.3 is 0 Å². The van der Waals surface area contributed by atoms with E-state index in [2.05, 4.69) is 21.3 Å². The average Bonchev–Trinajstić information content (AvgIpc) is 3.42. The molecule has 0 aliphatic carbocycles. The summed E-state index contributed by atoms with van der Waals surface area (Å²) in [5.74, 6) is 0.810. The number of carbonyl (C=O) groups excluding carboxylic acids is 1. The Morgan fingerprint density at radius 3 is 2.66 bits per heavy atom. The summed E-state index contributed by atoms with van der Waals surface area (Å²) in [7, 11) is 0. The number of rotatable bonds is 7. The Bertz CT molecular complexity index is 962. The van der Waals surface area contributed by atoms with Crippen molar-refractivity contribution in [1.82, 2.24) is 4.98 Å². The zero-order chi connectivity index (χ0) is 20.1. The van der Waals surface area contributed by atoms with Crippen molar-refractivity contribution in [2.24, 2.45) is 0 Å². The molecule has 1 aliphatic heterocycles. The first kappa shape index (κ1) is 19.5. The van der Waals surface area contributed by atoms with Crippen LogP contribution in [0.5, 0.6) is 5.75 Å². The van der Waals surface area contributed by atoms with E-state index >= 15 is 0 Å². The number of benzene rings is 2. The summed E-state index contributed by atoms with van der Waals surface area (Å²) in [5.41, 5.74) is 3.80. The van der Waals surface area contributed by atoms with Gasteiger partial charge in [-0.3, -0.25) is 4.79 Å². The molecule has 1 saturated heterocycles. The SMILES string of the molecule is CCOc1ccc(-c2nc(CC(=O)Nc3ccccc3N3CCCC3)cs2)cc1. The van der Waals surface area contributed by atoms with E-state index in [4.69, 9.17) is 4.74 Å². The third-order valence-corrected chi connectivity index (χ3v) is 5.87. The monoisotopic (exact) mass is 407 g/mol. The van der Waals surface area contributed by atoms with Gasteiger partial charge in [-0.1, -0.05) is 12.1 Å². The molecular formula is C23H25N3O2S. The van der Waals surface area contributed by atoms with Crippen molar-refractivity contribution < 1.29 is 9.53 Å². The molecule has 150 valence electrons. The Balaban J connectivity index is 1.41. The highest BCUT2D eigenvalue weighted by Crippen LogP contribution is 2.29. The minimum absolute atomic E-state index is 0.0415. The van der Waals surface area contributed by atoms with Gasteiger partial charge in [0, 0.05) is 24.0 Å². The summed E-state index contributed by atoms with van der Waals surface area (Å²) in [6.07, 6.45) is 2.67. The van der Waals surface area contributed by atoms with Gasteiger partial charge in [-0.05, 0) is 56.2 Å². The maximum Gasteiger partial charge on any atom is 0.230 e. The van der Waals surface area contributed by atoms with E-state index in [9.17, 15) is 4.79 Å². The molecule has 6 heteroatoms. The van der Waals surface area contributed by atoms with E-state index in [1.54, 1.807) is 11.3 Å². The standard InChI is InChI=1S/C23H25N3O2S/c1-2-28-19-11-9-17(10-12-19)23-24-18(16-29-23)15-22(27)25-20-7-3-4-8-21(20)26-13-5-6-14-26/h3-4,7-12,16H,2,5-6,13-15H2,1H3,(H,25,27). The molecule has 0 radical (unpaired) electrons. The number of para-hydroxylation sites is 2. The second-order valence-corrected chi connectivity index (χ2v) is 7.90. The third kappa shape index (κ3) is 4.77. The lowest BCUT2D eigenvalue weighted by Crippen LogP contribution is -2.21. The molecule has 1 aliphatic rings. The van der Waals surface area contributed by atoms with E-state index in [1.165, 1.54) is 12.8 Å². The van der Waals surface area contributed by atoms with Gasteiger partial charge in [-0.15, -0.1) is 11.3 Å². The zero-order valence-electron chi connectivity index (χ0n) is 16.6. The minimum Gasteiger partial charge on any atom is -0.494 e. The molecule has 1 aromatic heterocycles. The van der Waals surface area contributed by atoms with Crippen LogP contribution < -0.4 is 15.0 Å². The Labute approximate surface area is 175 Å². The van der Waals surface area contributed by atoms with E-state index in [-0.39, 0.29) is 12.3 Å². The van der Waals surface area contributed by atoms with Crippen molar-refractivity contribution in [3.8, 4) is 16.3 Å². The normalized spacial score (nSPS) is 13.5. The number of thiazole rings is 1. The predicted octanol–water partition coefficient (Wildman–Crippen LogP) is 4.99. The number of hydrogen-bond acceptors (Lipinski definition) is 5. The first-order valence-electron chi connectivity index (χ1n) is 10.0. The number of amides is 1. The summed E-state index contributed by atoms with van der Waals surface area (Å²) in [4.78, 5) is 19.6. The molecule has 1 N–H and O–H groups in total. The topological polar surface area (TPSA) is 54.5 Å². The number of nitrogens with zero attached hydrogens (tertiary/aromatic N) is 2.